The van der Waals surface area contributed by atoms with Crippen molar-refractivity contribution in [3.63, 3.8) is 0 Å². The van der Waals surface area contributed by atoms with Gasteiger partial charge in [-0.1, -0.05) is 47.0 Å². The van der Waals surface area contributed by atoms with Crippen molar-refractivity contribution in [2.45, 2.75) is 18.4 Å². The largest absolute Gasteiger partial charge is 0.484 e. The van der Waals surface area contributed by atoms with Crippen LogP contribution in [-0.2, 0) is 21.4 Å². The van der Waals surface area contributed by atoms with Crippen LogP contribution < -0.4 is 14.4 Å². The minimum Gasteiger partial charge on any atom is -0.484 e. The molecule has 9 heteroatoms. The fourth-order valence-corrected chi connectivity index (χ4v) is 4.49. The summed E-state index contributed by atoms with van der Waals surface area (Å²) in [6.07, 6.45) is 0. The number of nitrogens with zero attached hydrogens (tertiary/aromatic N) is 1. The quantitative estimate of drug-likeness (QED) is 0.488. The van der Waals surface area contributed by atoms with E-state index in [4.69, 9.17) is 27.9 Å². The van der Waals surface area contributed by atoms with E-state index in [9.17, 15) is 13.2 Å². The van der Waals surface area contributed by atoms with Gasteiger partial charge in [0.1, 0.15) is 5.75 Å². The summed E-state index contributed by atoms with van der Waals surface area (Å²) in [4.78, 5) is 12.3. The number of ether oxygens (including phenoxy) is 1. The molecular weight excluding hydrogens is 471 g/mol. The van der Waals surface area contributed by atoms with Crippen LogP contribution in [0.15, 0.2) is 71.6 Å². The Kier molecular flexibility index (Phi) is 7.66. The maximum absolute atomic E-state index is 12.8. The minimum atomic E-state index is -3.68. The van der Waals surface area contributed by atoms with E-state index >= 15 is 0 Å². The molecule has 0 bridgehead atoms. The van der Waals surface area contributed by atoms with Gasteiger partial charge in [-0.25, -0.2) is 8.42 Å². The Morgan fingerprint density at radius 1 is 1.00 bits per heavy atom. The normalized spacial score (nSPS) is 11.1. The average molecular weight is 493 g/mol. The van der Waals surface area contributed by atoms with Crippen LogP contribution in [0.3, 0.4) is 0 Å². The Morgan fingerprint density at radius 3 is 2.28 bits per heavy atom. The highest BCUT2D eigenvalue weighted by atomic mass is 35.5. The molecule has 3 aromatic carbocycles. The van der Waals surface area contributed by atoms with E-state index in [2.05, 4.69) is 5.32 Å². The molecule has 0 fully saturated rings. The summed E-state index contributed by atoms with van der Waals surface area (Å²) in [6, 6.07) is 18.2. The van der Waals surface area contributed by atoms with Crippen molar-refractivity contribution in [2.24, 2.45) is 0 Å². The molecule has 0 aromatic heterocycles. The second kappa shape index (κ2) is 10.3. The number of amides is 1. The zero-order chi connectivity index (χ0) is 23.3. The lowest BCUT2D eigenvalue weighted by Gasteiger charge is -2.20. The van der Waals surface area contributed by atoms with Gasteiger partial charge in [0.15, 0.2) is 6.61 Å². The van der Waals surface area contributed by atoms with Crippen molar-refractivity contribution in [2.75, 3.05) is 18.0 Å². The predicted molar refractivity (Wildman–Crippen MR) is 127 cm³/mol. The number of aryl methyl sites for hydroxylation is 1. The monoisotopic (exact) mass is 492 g/mol. The van der Waals surface area contributed by atoms with Gasteiger partial charge in [0, 0.05) is 23.6 Å². The molecule has 0 unspecified atom stereocenters. The molecule has 3 aromatic rings. The molecule has 3 rings (SSSR count). The van der Waals surface area contributed by atoms with Crippen molar-refractivity contribution < 1.29 is 17.9 Å². The molecular formula is C23H22Cl2N2O4S. The number of hydrogen-bond acceptors (Lipinski definition) is 4. The van der Waals surface area contributed by atoms with Crippen LogP contribution in [0.2, 0.25) is 10.0 Å². The Hall–Kier alpha value is -2.74. The van der Waals surface area contributed by atoms with Crippen LogP contribution in [0, 0.1) is 6.92 Å². The van der Waals surface area contributed by atoms with Crippen LogP contribution in [0.5, 0.6) is 5.75 Å². The van der Waals surface area contributed by atoms with Crippen molar-refractivity contribution in [1.82, 2.24) is 5.32 Å². The first kappa shape index (κ1) is 23.9. The van der Waals surface area contributed by atoms with Crippen LogP contribution in [-0.4, -0.2) is 28.0 Å². The fraction of sp³-hybridized carbons (Fsp3) is 0.174. The third-order valence-corrected chi connectivity index (χ3v) is 7.13. The van der Waals surface area contributed by atoms with Crippen LogP contribution >= 0.6 is 23.2 Å². The first-order chi connectivity index (χ1) is 15.2. The van der Waals surface area contributed by atoms with Gasteiger partial charge in [-0.3, -0.25) is 9.10 Å². The molecule has 0 aliphatic rings. The maximum atomic E-state index is 12.8. The molecule has 6 nitrogen and oxygen atoms in total. The zero-order valence-electron chi connectivity index (χ0n) is 17.5. The van der Waals surface area contributed by atoms with E-state index < -0.39 is 10.0 Å². The number of nitrogens with one attached hydrogen (secondary N) is 1. The first-order valence-corrected chi connectivity index (χ1v) is 11.9. The molecule has 0 aliphatic heterocycles. The number of benzene rings is 3. The van der Waals surface area contributed by atoms with Gasteiger partial charge in [0.2, 0.25) is 0 Å². The fourth-order valence-electron chi connectivity index (χ4n) is 2.82. The van der Waals surface area contributed by atoms with Crippen molar-refractivity contribution in [3.05, 3.63) is 87.9 Å². The molecule has 0 atom stereocenters. The molecule has 0 heterocycles. The lowest BCUT2D eigenvalue weighted by Crippen LogP contribution is -2.28. The second-order valence-electron chi connectivity index (χ2n) is 7.08. The molecule has 0 radical (unpaired) electrons. The topological polar surface area (TPSA) is 75.7 Å². The minimum absolute atomic E-state index is 0.192. The van der Waals surface area contributed by atoms with Crippen LogP contribution in [0.4, 0.5) is 5.69 Å². The highest BCUT2D eigenvalue weighted by Gasteiger charge is 2.21. The summed E-state index contributed by atoms with van der Waals surface area (Å²) in [5.41, 5.74) is 2.19. The molecule has 32 heavy (non-hydrogen) atoms. The third-order valence-electron chi connectivity index (χ3n) is 4.74. The molecule has 1 N–H and O–H groups in total. The number of carbonyl (C=O) groups excluding carboxylic acids is 1. The highest BCUT2D eigenvalue weighted by Crippen LogP contribution is 2.25. The number of anilines is 1. The standard InChI is InChI=1S/C23H22Cl2N2O4S/c1-16-3-11-21(12-4-16)32(29,30)27(2)19-7-9-20(10-8-19)31-15-23(28)26-14-17-5-6-18(24)13-22(17)25/h3-13H,14-15H2,1-2H3,(H,26,28). The SMILES string of the molecule is Cc1ccc(S(=O)(=O)N(C)c2ccc(OCC(=O)NCc3ccc(Cl)cc3Cl)cc2)cc1. The van der Waals surface area contributed by atoms with E-state index in [1.54, 1.807) is 66.7 Å². The van der Waals surface area contributed by atoms with Crippen LogP contribution in [0.25, 0.3) is 0 Å². The van der Waals surface area contributed by atoms with E-state index in [0.717, 1.165) is 11.1 Å². The number of hydrogen-bond donors (Lipinski definition) is 1. The number of carbonyl (C=O) groups is 1. The van der Waals surface area contributed by atoms with Gasteiger partial charge in [0.25, 0.3) is 15.9 Å². The van der Waals surface area contributed by atoms with Crippen molar-refractivity contribution in [3.8, 4) is 5.75 Å². The first-order valence-electron chi connectivity index (χ1n) is 9.66. The van der Waals surface area contributed by atoms with Crippen molar-refractivity contribution in [1.29, 1.82) is 0 Å². The van der Waals surface area contributed by atoms with Gasteiger partial charge in [-0.05, 0) is 61.0 Å². The van der Waals surface area contributed by atoms with Gasteiger partial charge in [-0.2, -0.15) is 0 Å². The van der Waals surface area contributed by atoms with Gasteiger partial charge >= 0.3 is 0 Å². The van der Waals surface area contributed by atoms with Gasteiger partial charge in [-0.15, -0.1) is 0 Å². The summed E-state index contributed by atoms with van der Waals surface area (Å²) in [5, 5.41) is 3.72. The smallest absolute Gasteiger partial charge is 0.264 e. The number of rotatable bonds is 8. The summed E-state index contributed by atoms with van der Waals surface area (Å²) in [6.45, 7) is 1.95. The number of sulfonamides is 1. The molecule has 1 amide bonds. The maximum Gasteiger partial charge on any atom is 0.264 e. The van der Waals surface area contributed by atoms with E-state index in [0.29, 0.717) is 21.5 Å². The summed E-state index contributed by atoms with van der Waals surface area (Å²) < 4.78 is 32.3. The Morgan fingerprint density at radius 2 is 1.66 bits per heavy atom. The Balaban J connectivity index is 1.56. The number of halogens is 2. The Bertz CT molecular complexity index is 1200. The molecule has 168 valence electrons. The second-order valence-corrected chi connectivity index (χ2v) is 9.89. The lowest BCUT2D eigenvalue weighted by molar-refractivity contribution is -0.123. The Labute approximate surface area is 197 Å². The predicted octanol–water partition coefficient (Wildman–Crippen LogP) is 4.82. The summed E-state index contributed by atoms with van der Waals surface area (Å²) in [7, 11) is -2.19. The van der Waals surface area contributed by atoms with Gasteiger partial charge in [0.05, 0.1) is 10.6 Å². The summed E-state index contributed by atoms with van der Waals surface area (Å²) in [5.74, 6) is 0.119. The zero-order valence-corrected chi connectivity index (χ0v) is 19.8. The lowest BCUT2D eigenvalue weighted by atomic mass is 10.2. The molecule has 0 saturated heterocycles. The van der Waals surface area contributed by atoms with Gasteiger partial charge < -0.3 is 10.1 Å². The van der Waals surface area contributed by atoms with Crippen LogP contribution in [0.1, 0.15) is 11.1 Å². The molecule has 0 aliphatic carbocycles. The molecule has 0 spiro atoms. The van der Waals surface area contributed by atoms with E-state index in [1.807, 2.05) is 6.92 Å². The highest BCUT2D eigenvalue weighted by molar-refractivity contribution is 7.92. The average Bonchev–Trinajstić information content (AvgIpc) is 2.77. The molecule has 0 saturated carbocycles. The van der Waals surface area contributed by atoms with E-state index in [-0.39, 0.29) is 24.0 Å². The van der Waals surface area contributed by atoms with E-state index in [1.165, 1.54) is 11.4 Å². The van der Waals surface area contributed by atoms with Crippen molar-refractivity contribution >= 4 is 44.8 Å². The third kappa shape index (κ3) is 5.94. The summed E-state index contributed by atoms with van der Waals surface area (Å²) >= 11 is 12.0.